The third-order valence-electron chi connectivity index (χ3n) is 6.75. The number of ether oxygens (including phenoxy) is 2. The molecule has 3 heterocycles. The number of hydrogen-bond donors (Lipinski definition) is 3. The van der Waals surface area contributed by atoms with Gasteiger partial charge in [-0.2, -0.15) is 0 Å². The van der Waals surface area contributed by atoms with Crippen LogP contribution in [-0.4, -0.2) is 41.6 Å². The van der Waals surface area contributed by atoms with Crippen molar-refractivity contribution in [3.63, 3.8) is 0 Å². The summed E-state index contributed by atoms with van der Waals surface area (Å²) < 4.78 is 11.0. The Balaban J connectivity index is 1.38. The fraction of sp³-hybridized carbons (Fsp3) is 0.133. The first-order chi connectivity index (χ1) is 18.2. The number of methoxy groups -OCH3 is 2. The van der Waals surface area contributed by atoms with Gasteiger partial charge >= 0.3 is 0 Å². The van der Waals surface area contributed by atoms with E-state index in [1.54, 1.807) is 14.2 Å². The smallest absolute Gasteiger partial charge is 0.269 e. The van der Waals surface area contributed by atoms with E-state index in [4.69, 9.17) is 14.5 Å². The molecule has 0 aliphatic rings. The van der Waals surface area contributed by atoms with Crippen LogP contribution in [0.4, 0.5) is 0 Å². The molecule has 1 amide bonds. The van der Waals surface area contributed by atoms with Crippen molar-refractivity contribution in [2.45, 2.75) is 6.42 Å². The minimum absolute atomic E-state index is 0.222. The molecular formula is C30H26N4O3. The summed E-state index contributed by atoms with van der Waals surface area (Å²) in [4.78, 5) is 24.9. The van der Waals surface area contributed by atoms with Crippen LogP contribution in [0.1, 0.15) is 16.1 Å². The Morgan fingerprint density at radius 1 is 0.892 bits per heavy atom. The Kier molecular flexibility index (Phi) is 5.73. The van der Waals surface area contributed by atoms with Crippen LogP contribution in [0.5, 0.6) is 11.5 Å². The fourth-order valence-corrected chi connectivity index (χ4v) is 4.89. The topological polar surface area (TPSA) is 92.0 Å². The van der Waals surface area contributed by atoms with Crippen molar-refractivity contribution in [3.05, 3.63) is 90.3 Å². The van der Waals surface area contributed by atoms with Crippen LogP contribution in [0.2, 0.25) is 0 Å². The first-order valence-electron chi connectivity index (χ1n) is 12.1. The highest BCUT2D eigenvalue weighted by Crippen LogP contribution is 2.38. The molecule has 6 aromatic rings. The van der Waals surface area contributed by atoms with Crippen molar-refractivity contribution < 1.29 is 14.3 Å². The molecule has 0 unspecified atom stereocenters. The highest BCUT2D eigenvalue weighted by Gasteiger charge is 2.19. The van der Waals surface area contributed by atoms with Crippen molar-refractivity contribution in [1.82, 2.24) is 20.3 Å². The molecule has 0 spiro atoms. The van der Waals surface area contributed by atoms with Gasteiger partial charge in [0.05, 0.1) is 25.4 Å². The molecule has 37 heavy (non-hydrogen) atoms. The second kappa shape index (κ2) is 9.35. The van der Waals surface area contributed by atoms with Crippen LogP contribution in [0.15, 0.2) is 79.0 Å². The van der Waals surface area contributed by atoms with Gasteiger partial charge < -0.3 is 24.8 Å². The lowest BCUT2D eigenvalue weighted by Crippen LogP contribution is -2.26. The van der Waals surface area contributed by atoms with E-state index in [2.05, 4.69) is 21.4 Å². The molecule has 0 atom stereocenters. The van der Waals surface area contributed by atoms with E-state index in [1.165, 1.54) is 10.9 Å². The first-order valence-corrected chi connectivity index (χ1v) is 12.1. The second-order valence-corrected chi connectivity index (χ2v) is 8.88. The highest BCUT2D eigenvalue weighted by molar-refractivity contribution is 6.13. The van der Waals surface area contributed by atoms with Gasteiger partial charge in [-0.3, -0.25) is 4.79 Å². The quantitative estimate of drug-likeness (QED) is 0.262. The molecule has 0 radical (unpaired) electrons. The van der Waals surface area contributed by atoms with Crippen molar-refractivity contribution in [1.29, 1.82) is 0 Å². The maximum absolute atomic E-state index is 13.3. The van der Waals surface area contributed by atoms with Crippen LogP contribution in [0.25, 0.3) is 44.0 Å². The van der Waals surface area contributed by atoms with Crippen LogP contribution < -0.4 is 14.8 Å². The number of benzene rings is 3. The van der Waals surface area contributed by atoms with Gasteiger partial charge in [0, 0.05) is 51.6 Å². The van der Waals surface area contributed by atoms with E-state index in [0.717, 1.165) is 32.9 Å². The third kappa shape index (κ3) is 4.04. The Morgan fingerprint density at radius 3 is 2.49 bits per heavy atom. The zero-order valence-corrected chi connectivity index (χ0v) is 20.6. The molecule has 0 bridgehead atoms. The van der Waals surface area contributed by atoms with E-state index < -0.39 is 0 Å². The molecule has 184 valence electrons. The van der Waals surface area contributed by atoms with Gasteiger partial charge in [0.15, 0.2) is 0 Å². The maximum atomic E-state index is 13.3. The minimum atomic E-state index is -0.222. The minimum Gasteiger partial charge on any atom is -0.497 e. The molecule has 7 heteroatoms. The zero-order chi connectivity index (χ0) is 25.4. The number of hydrogen-bond acceptors (Lipinski definition) is 4. The molecule has 3 N–H and O–H groups in total. The molecule has 0 saturated heterocycles. The van der Waals surface area contributed by atoms with Crippen molar-refractivity contribution >= 4 is 38.6 Å². The van der Waals surface area contributed by atoms with Crippen molar-refractivity contribution in [3.8, 4) is 22.8 Å². The van der Waals surface area contributed by atoms with Gasteiger partial charge in [-0.15, -0.1) is 0 Å². The Hall–Kier alpha value is -4.78. The summed E-state index contributed by atoms with van der Waals surface area (Å²) in [6.07, 6.45) is 2.71. The predicted molar refractivity (Wildman–Crippen MR) is 146 cm³/mol. The first kappa shape index (κ1) is 22.7. The summed E-state index contributed by atoms with van der Waals surface area (Å²) >= 11 is 0. The summed E-state index contributed by atoms with van der Waals surface area (Å²) in [6, 6.07) is 23.6. The summed E-state index contributed by atoms with van der Waals surface area (Å²) in [5.41, 5.74) is 5.85. The van der Waals surface area contributed by atoms with Gasteiger partial charge in [0.2, 0.25) is 0 Å². The third-order valence-corrected chi connectivity index (χ3v) is 6.75. The van der Waals surface area contributed by atoms with Crippen molar-refractivity contribution in [2.24, 2.45) is 0 Å². The van der Waals surface area contributed by atoms with Crippen LogP contribution in [-0.2, 0) is 6.42 Å². The predicted octanol–water partition coefficient (Wildman–Crippen LogP) is 5.85. The van der Waals surface area contributed by atoms with E-state index in [1.807, 2.05) is 72.9 Å². The largest absolute Gasteiger partial charge is 0.497 e. The van der Waals surface area contributed by atoms with Gasteiger partial charge in [0.1, 0.15) is 17.2 Å². The number of H-pyrrole nitrogens is 2. The standard InChI is InChI=1S/C30H26N4O3/c1-36-19-11-12-22(27(15-19)37-2)28-29-23(21-8-4-6-10-25(21)33-29)16-26(34-28)30(35)31-14-13-18-17-32-24-9-5-3-7-20(18)24/h3-12,15-17,32-33H,13-14H2,1-2H3,(H,31,35). The summed E-state index contributed by atoms with van der Waals surface area (Å²) in [5.74, 6) is 1.07. The number of amides is 1. The fourth-order valence-electron chi connectivity index (χ4n) is 4.89. The Labute approximate surface area is 213 Å². The summed E-state index contributed by atoms with van der Waals surface area (Å²) in [7, 11) is 3.23. The van der Waals surface area contributed by atoms with E-state index in [0.29, 0.717) is 35.9 Å². The normalized spacial score (nSPS) is 11.3. The molecule has 3 aromatic heterocycles. The van der Waals surface area contributed by atoms with Crippen LogP contribution >= 0.6 is 0 Å². The molecule has 6 rings (SSSR count). The summed E-state index contributed by atoms with van der Waals surface area (Å²) in [6.45, 7) is 0.496. The lowest BCUT2D eigenvalue weighted by atomic mass is 10.0. The number of carbonyl (C=O) groups excluding carboxylic acids is 1. The number of carbonyl (C=O) groups is 1. The average molecular weight is 491 g/mol. The number of fused-ring (bicyclic) bond motifs is 4. The van der Waals surface area contributed by atoms with E-state index in [9.17, 15) is 4.79 Å². The van der Waals surface area contributed by atoms with Crippen LogP contribution in [0, 0.1) is 0 Å². The van der Waals surface area contributed by atoms with Crippen molar-refractivity contribution in [2.75, 3.05) is 20.8 Å². The molecule has 3 aromatic carbocycles. The maximum Gasteiger partial charge on any atom is 0.269 e. The van der Waals surface area contributed by atoms with Gasteiger partial charge in [0.25, 0.3) is 5.91 Å². The van der Waals surface area contributed by atoms with Gasteiger partial charge in [-0.05, 0) is 42.3 Å². The number of pyridine rings is 1. The Bertz CT molecular complexity index is 1770. The number of nitrogens with zero attached hydrogens (tertiary/aromatic N) is 1. The molecule has 7 nitrogen and oxygen atoms in total. The molecule has 0 aliphatic heterocycles. The molecule has 0 saturated carbocycles. The number of aromatic amines is 2. The van der Waals surface area contributed by atoms with E-state index >= 15 is 0 Å². The lowest BCUT2D eigenvalue weighted by Gasteiger charge is -2.12. The van der Waals surface area contributed by atoms with Gasteiger partial charge in [-0.1, -0.05) is 36.4 Å². The average Bonchev–Trinajstić information content (AvgIpc) is 3.53. The number of nitrogens with one attached hydrogen (secondary N) is 3. The SMILES string of the molecule is COc1ccc(-c2nc(C(=O)NCCc3c[nH]c4ccccc34)cc3c2[nH]c2ccccc23)c(OC)c1. The molecular weight excluding hydrogens is 464 g/mol. The summed E-state index contributed by atoms with van der Waals surface area (Å²) in [5, 5.41) is 6.19. The Morgan fingerprint density at radius 2 is 1.68 bits per heavy atom. The highest BCUT2D eigenvalue weighted by atomic mass is 16.5. The monoisotopic (exact) mass is 490 g/mol. The number of para-hydroxylation sites is 2. The second-order valence-electron chi connectivity index (χ2n) is 8.88. The lowest BCUT2D eigenvalue weighted by molar-refractivity contribution is 0.0949. The number of rotatable bonds is 7. The van der Waals surface area contributed by atoms with E-state index in [-0.39, 0.29) is 5.91 Å². The molecule has 0 aliphatic carbocycles. The number of aromatic nitrogens is 3. The van der Waals surface area contributed by atoms with Crippen LogP contribution in [0.3, 0.4) is 0 Å². The zero-order valence-electron chi connectivity index (χ0n) is 20.6. The van der Waals surface area contributed by atoms with Gasteiger partial charge in [-0.25, -0.2) is 4.98 Å². The molecule has 0 fully saturated rings.